The molecule has 0 bridgehead atoms. The Morgan fingerprint density at radius 1 is 1.16 bits per heavy atom. The van der Waals surface area contributed by atoms with E-state index in [0.29, 0.717) is 48.0 Å². The lowest BCUT2D eigenvalue weighted by Gasteiger charge is -2.28. The molecule has 31 heavy (non-hydrogen) atoms. The van der Waals surface area contributed by atoms with Crippen LogP contribution in [0.4, 0.5) is 5.69 Å². The van der Waals surface area contributed by atoms with Crippen molar-refractivity contribution in [2.24, 2.45) is 11.7 Å². The molecule has 1 aromatic heterocycles. The average molecular weight is 422 g/mol. The first-order valence-electron chi connectivity index (χ1n) is 10.4. The number of primary amides is 1. The van der Waals surface area contributed by atoms with Crippen LogP contribution in [0.3, 0.4) is 0 Å². The second kappa shape index (κ2) is 8.29. The number of imidazole rings is 1. The van der Waals surface area contributed by atoms with Crippen molar-refractivity contribution in [2.45, 2.75) is 38.6 Å². The maximum atomic E-state index is 12.8. The van der Waals surface area contributed by atoms with Crippen LogP contribution in [0.25, 0.3) is 11.0 Å². The van der Waals surface area contributed by atoms with Gasteiger partial charge in [-0.15, -0.1) is 0 Å². The zero-order valence-electron chi connectivity index (χ0n) is 17.6. The summed E-state index contributed by atoms with van der Waals surface area (Å²) in [5.41, 5.74) is 8.32. The van der Waals surface area contributed by atoms with Gasteiger partial charge in [0.2, 0.25) is 5.91 Å². The van der Waals surface area contributed by atoms with E-state index in [2.05, 4.69) is 10.3 Å². The maximum Gasteiger partial charge on any atom is 0.326 e. The zero-order chi connectivity index (χ0) is 22.1. The smallest absolute Gasteiger partial charge is 0.326 e. The zero-order valence-corrected chi connectivity index (χ0v) is 17.6. The Bertz CT molecular complexity index is 1200. The van der Waals surface area contributed by atoms with Gasteiger partial charge in [0, 0.05) is 23.7 Å². The molecular weight excluding hydrogens is 396 g/mol. The molecule has 8 heteroatoms. The third-order valence-corrected chi connectivity index (χ3v) is 6.13. The maximum absolute atomic E-state index is 12.8. The highest BCUT2D eigenvalue weighted by molar-refractivity contribution is 6.04. The topological polar surface area (TPSA) is 119 Å². The fourth-order valence-electron chi connectivity index (χ4n) is 4.45. The summed E-state index contributed by atoms with van der Waals surface area (Å²) in [6.45, 7) is 1.95. The largest absolute Gasteiger partial charge is 0.496 e. The summed E-state index contributed by atoms with van der Waals surface area (Å²) < 4.78 is 7.02. The highest BCUT2D eigenvalue weighted by atomic mass is 16.5. The predicted molar refractivity (Wildman–Crippen MR) is 118 cm³/mol. The highest BCUT2D eigenvalue weighted by Gasteiger charge is 2.29. The number of methoxy groups -OCH3 is 1. The van der Waals surface area contributed by atoms with E-state index in [9.17, 15) is 14.4 Å². The Labute approximate surface area is 179 Å². The number of aromatic amines is 1. The van der Waals surface area contributed by atoms with Gasteiger partial charge in [-0.25, -0.2) is 4.79 Å². The lowest BCUT2D eigenvalue weighted by atomic mass is 9.85. The number of ether oxygens (including phenoxy) is 1. The third kappa shape index (κ3) is 3.93. The van der Waals surface area contributed by atoms with E-state index < -0.39 is 5.91 Å². The number of carbonyl (C=O) groups excluding carboxylic acids is 2. The molecule has 1 aliphatic rings. The van der Waals surface area contributed by atoms with Gasteiger partial charge in [0.25, 0.3) is 5.91 Å². The van der Waals surface area contributed by atoms with E-state index in [0.717, 1.165) is 11.3 Å². The number of benzene rings is 2. The van der Waals surface area contributed by atoms with Gasteiger partial charge in [-0.3, -0.25) is 14.2 Å². The number of nitrogens with two attached hydrogens (primary N) is 1. The molecule has 0 radical (unpaired) electrons. The van der Waals surface area contributed by atoms with Crippen LogP contribution >= 0.6 is 0 Å². The molecule has 1 aliphatic carbocycles. The van der Waals surface area contributed by atoms with Gasteiger partial charge < -0.3 is 20.8 Å². The highest BCUT2D eigenvalue weighted by Crippen LogP contribution is 2.34. The van der Waals surface area contributed by atoms with Gasteiger partial charge in [0.1, 0.15) is 5.75 Å². The molecule has 1 saturated carbocycles. The van der Waals surface area contributed by atoms with Crippen molar-refractivity contribution in [3.63, 3.8) is 0 Å². The molecule has 0 spiro atoms. The Morgan fingerprint density at radius 2 is 1.90 bits per heavy atom. The van der Waals surface area contributed by atoms with Crippen LogP contribution in [0.2, 0.25) is 0 Å². The molecule has 1 heterocycles. The molecule has 0 saturated heterocycles. The summed E-state index contributed by atoms with van der Waals surface area (Å²) >= 11 is 0. The van der Waals surface area contributed by atoms with E-state index in [1.807, 2.05) is 31.2 Å². The van der Waals surface area contributed by atoms with Crippen molar-refractivity contribution in [1.29, 1.82) is 0 Å². The second-order valence-electron chi connectivity index (χ2n) is 8.04. The first-order valence-corrected chi connectivity index (χ1v) is 10.4. The number of fused-ring (bicyclic) bond motifs is 1. The Morgan fingerprint density at radius 3 is 2.58 bits per heavy atom. The van der Waals surface area contributed by atoms with Crippen LogP contribution in [-0.2, 0) is 4.79 Å². The van der Waals surface area contributed by atoms with E-state index in [1.165, 1.54) is 0 Å². The van der Waals surface area contributed by atoms with Crippen molar-refractivity contribution in [1.82, 2.24) is 9.55 Å². The van der Waals surface area contributed by atoms with E-state index in [4.69, 9.17) is 10.5 Å². The van der Waals surface area contributed by atoms with Crippen LogP contribution in [0, 0.1) is 12.8 Å². The molecule has 4 rings (SSSR count). The minimum absolute atomic E-state index is 0.0216. The number of nitrogens with one attached hydrogen (secondary N) is 2. The molecule has 162 valence electrons. The summed E-state index contributed by atoms with van der Waals surface area (Å²) in [5, 5.41) is 2.98. The van der Waals surface area contributed by atoms with Gasteiger partial charge in [-0.05, 0) is 56.4 Å². The van der Waals surface area contributed by atoms with E-state index in [-0.39, 0.29) is 23.6 Å². The van der Waals surface area contributed by atoms with Crippen molar-refractivity contribution in [2.75, 3.05) is 12.4 Å². The number of carbonyl (C=O) groups is 2. The van der Waals surface area contributed by atoms with Crippen molar-refractivity contribution < 1.29 is 14.3 Å². The Kier molecular flexibility index (Phi) is 5.54. The van der Waals surface area contributed by atoms with Gasteiger partial charge in [-0.2, -0.15) is 0 Å². The van der Waals surface area contributed by atoms with Crippen LogP contribution in [0.1, 0.15) is 47.6 Å². The minimum Gasteiger partial charge on any atom is -0.496 e. The monoisotopic (exact) mass is 422 g/mol. The van der Waals surface area contributed by atoms with Crippen molar-refractivity contribution in [3.8, 4) is 5.75 Å². The van der Waals surface area contributed by atoms with Gasteiger partial charge in [-0.1, -0.05) is 12.1 Å². The summed E-state index contributed by atoms with van der Waals surface area (Å²) in [4.78, 5) is 39.8. The molecule has 0 unspecified atom stereocenters. The van der Waals surface area contributed by atoms with Crippen LogP contribution in [0.5, 0.6) is 5.75 Å². The van der Waals surface area contributed by atoms with Crippen molar-refractivity contribution in [3.05, 3.63) is 58.0 Å². The summed E-state index contributed by atoms with van der Waals surface area (Å²) in [5.74, 6) is 0.0138. The number of amides is 2. The average Bonchev–Trinajstić information content (AvgIpc) is 3.10. The third-order valence-electron chi connectivity index (χ3n) is 6.13. The SMILES string of the molecule is COc1cc(NC(=O)[C@H]2CC[C@@H](n3c(=O)[nH]c4c(C(N)=O)cccc43)CC2)ccc1C. The molecule has 8 nitrogen and oxygen atoms in total. The molecule has 2 aromatic carbocycles. The number of hydrogen-bond acceptors (Lipinski definition) is 4. The number of rotatable bonds is 5. The molecule has 1 fully saturated rings. The molecular formula is C23H26N4O4. The molecule has 0 atom stereocenters. The number of nitrogens with zero attached hydrogens (tertiary/aromatic N) is 1. The van der Waals surface area contributed by atoms with Crippen LogP contribution < -0.4 is 21.5 Å². The first kappa shape index (κ1) is 20.7. The van der Waals surface area contributed by atoms with Gasteiger partial charge in [0.05, 0.1) is 23.7 Å². The summed E-state index contributed by atoms with van der Waals surface area (Å²) in [6, 6.07) is 10.7. The van der Waals surface area contributed by atoms with Gasteiger partial charge in [0.15, 0.2) is 0 Å². The van der Waals surface area contributed by atoms with E-state index in [1.54, 1.807) is 23.8 Å². The number of H-pyrrole nitrogens is 1. The fourth-order valence-corrected chi connectivity index (χ4v) is 4.45. The van der Waals surface area contributed by atoms with Crippen LogP contribution in [0.15, 0.2) is 41.2 Å². The van der Waals surface area contributed by atoms with E-state index >= 15 is 0 Å². The Hall–Kier alpha value is -3.55. The lowest BCUT2D eigenvalue weighted by Crippen LogP contribution is -2.31. The normalized spacial score (nSPS) is 18.6. The molecule has 2 amide bonds. The number of hydrogen-bond donors (Lipinski definition) is 3. The number of aryl methyl sites for hydroxylation is 1. The Balaban J connectivity index is 1.47. The molecule has 3 aromatic rings. The number of anilines is 1. The lowest BCUT2D eigenvalue weighted by molar-refractivity contribution is -0.121. The summed E-state index contributed by atoms with van der Waals surface area (Å²) in [6.07, 6.45) is 2.74. The second-order valence-corrected chi connectivity index (χ2v) is 8.04. The number of aromatic nitrogens is 2. The molecule has 0 aliphatic heterocycles. The minimum atomic E-state index is -0.577. The summed E-state index contributed by atoms with van der Waals surface area (Å²) in [7, 11) is 1.61. The standard InChI is InChI=1S/C23H26N4O4/c1-13-6-9-15(12-19(13)31-2)25-22(29)14-7-10-16(11-8-14)27-18-5-3-4-17(21(24)28)20(18)26-23(27)30/h3-6,9,12,14,16H,7-8,10-11H2,1-2H3,(H2,24,28)(H,25,29)(H,26,30)/t14-,16+. The van der Waals surface area contributed by atoms with Gasteiger partial charge >= 0.3 is 5.69 Å². The molecule has 4 N–H and O–H groups in total. The first-order chi connectivity index (χ1) is 14.9. The van der Waals surface area contributed by atoms with Crippen molar-refractivity contribution >= 4 is 28.5 Å². The fraction of sp³-hybridized carbons (Fsp3) is 0.348. The number of para-hydroxylation sites is 1. The van der Waals surface area contributed by atoms with Crippen LogP contribution in [-0.4, -0.2) is 28.5 Å². The predicted octanol–water partition coefficient (Wildman–Crippen LogP) is 3.12. The quantitative estimate of drug-likeness (QED) is 0.585.